The fourth-order valence-corrected chi connectivity index (χ4v) is 3.14. The second kappa shape index (κ2) is 5.43. The lowest BCUT2D eigenvalue weighted by atomic mass is 9.86. The summed E-state index contributed by atoms with van der Waals surface area (Å²) in [6.45, 7) is 3.17. The number of anilines is 1. The average molecular weight is 278 g/mol. The number of hydrogen-bond donors (Lipinski definition) is 2. The number of rotatable bonds is 2. The van der Waals surface area contributed by atoms with E-state index >= 15 is 0 Å². The second-order valence-electron chi connectivity index (χ2n) is 5.26. The molecule has 1 aromatic rings. The number of fused-ring (bicyclic) bond motifs is 3. The normalized spacial score (nSPS) is 29.0. The third-order valence-electron chi connectivity index (χ3n) is 3.95. The molecule has 1 aromatic carbocycles. The van der Waals surface area contributed by atoms with E-state index in [2.05, 4.69) is 22.8 Å². The Bertz CT molecular complexity index is 472. The van der Waals surface area contributed by atoms with Crippen molar-refractivity contribution in [3.8, 4) is 0 Å². The Labute approximate surface area is 118 Å². The van der Waals surface area contributed by atoms with Gasteiger partial charge in [-0.05, 0) is 50.0 Å². The molecule has 0 spiro atoms. The van der Waals surface area contributed by atoms with Gasteiger partial charge in [0, 0.05) is 17.1 Å². The van der Waals surface area contributed by atoms with Gasteiger partial charge in [-0.25, -0.2) is 4.79 Å². The molecule has 4 rings (SSSR count). The van der Waals surface area contributed by atoms with Crippen LogP contribution in [0.25, 0.3) is 0 Å². The van der Waals surface area contributed by atoms with E-state index in [0.29, 0.717) is 5.92 Å². The summed E-state index contributed by atoms with van der Waals surface area (Å²) in [4.78, 5) is 15.1. The zero-order valence-electron chi connectivity index (χ0n) is 10.7. The van der Waals surface area contributed by atoms with Gasteiger partial charge < -0.3 is 4.74 Å². The lowest BCUT2D eigenvalue weighted by molar-refractivity contribution is -0.0289. The van der Waals surface area contributed by atoms with E-state index in [-0.39, 0.29) is 12.2 Å². The van der Waals surface area contributed by atoms with Gasteiger partial charge in [-0.3, -0.25) is 10.2 Å². The smallest absolute Gasteiger partial charge is 0.411 e. The minimum Gasteiger partial charge on any atom is -0.444 e. The van der Waals surface area contributed by atoms with Gasteiger partial charge >= 0.3 is 6.09 Å². The highest BCUT2D eigenvalue weighted by atomic mass is 32.1. The van der Waals surface area contributed by atoms with Crippen LogP contribution in [0.4, 0.5) is 10.5 Å². The van der Waals surface area contributed by atoms with Crippen LogP contribution < -0.4 is 5.32 Å². The monoisotopic (exact) mass is 278 g/mol. The van der Waals surface area contributed by atoms with E-state index in [0.717, 1.165) is 43.1 Å². The lowest BCUT2D eigenvalue weighted by Crippen LogP contribution is -2.52. The predicted octanol–water partition coefficient (Wildman–Crippen LogP) is 2.62. The first kappa shape index (κ1) is 12.8. The number of carbonyl (C=O) groups is 1. The minimum absolute atomic E-state index is 0.0432. The summed E-state index contributed by atoms with van der Waals surface area (Å²) < 4.78 is 5.55. The van der Waals surface area contributed by atoms with Crippen LogP contribution in [0.3, 0.4) is 0 Å². The number of hydrogen-bond acceptors (Lipinski definition) is 4. The maximum atomic E-state index is 11.9. The van der Waals surface area contributed by atoms with Crippen LogP contribution in [0, 0.1) is 5.92 Å². The zero-order valence-corrected chi connectivity index (χ0v) is 11.6. The largest absolute Gasteiger partial charge is 0.444 e. The third kappa shape index (κ3) is 3.04. The Morgan fingerprint density at radius 3 is 2.79 bits per heavy atom. The molecule has 3 saturated heterocycles. The fraction of sp³-hybridized carbons (Fsp3) is 0.500. The number of nitrogens with zero attached hydrogens (tertiary/aromatic N) is 1. The van der Waals surface area contributed by atoms with Gasteiger partial charge in [-0.2, -0.15) is 0 Å². The highest BCUT2D eigenvalue weighted by Crippen LogP contribution is 2.29. The van der Waals surface area contributed by atoms with Crippen molar-refractivity contribution < 1.29 is 9.53 Å². The summed E-state index contributed by atoms with van der Waals surface area (Å²) in [5.41, 5.74) is 0.721. The molecule has 0 aromatic heterocycles. The number of carbonyl (C=O) groups excluding carboxylic acids is 1. The number of piperidine rings is 3. The van der Waals surface area contributed by atoms with E-state index in [1.165, 1.54) is 0 Å². The number of benzene rings is 1. The third-order valence-corrected chi connectivity index (χ3v) is 4.23. The zero-order chi connectivity index (χ0) is 13.2. The molecule has 3 aliphatic heterocycles. The van der Waals surface area contributed by atoms with Crippen LogP contribution in [0.1, 0.15) is 12.8 Å². The van der Waals surface area contributed by atoms with Gasteiger partial charge in [0.25, 0.3) is 0 Å². The van der Waals surface area contributed by atoms with E-state index in [1.807, 2.05) is 18.2 Å². The molecule has 3 fully saturated rings. The van der Waals surface area contributed by atoms with Gasteiger partial charge in [0.05, 0.1) is 0 Å². The SMILES string of the molecule is O=C(Nc1cccc(S)c1)OC1CN2CCC1CC2. The summed E-state index contributed by atoms with van der Waals surface area (Å²) in [5, 5.41) is 2.76. The molecule has 0 aliphatic carbocycles. The predicted molar refractivity (Wildman–Crippen MR) is 76.7 cm³/mol. The van der Waals surface area contributed by atoms with Crippen LogP contribution in [-0.4, -0.2) is 36.7 Å². The van der Waals surface area contributed by atoms with Crippen LogP contribution in [-0.2, 0) is 4.74 Å². The molecule has 1 amide bonds. The van der Waals surface area contributed by atoms with Crippen molar-refractivity contribution in [2.45, 2.75) is 23.8 Å². The number of amides is 1. The molecule has 0 radical (unpaired) electrons. The molecular weight excluding hydrogens is 260 g/mol. The maximum absolute atomic E-state index is 11.9. The Kier molecular flexibility index (Phi) is 3.66. The molecule has 19 heavy (non-hydrogen) atoms. The van der Waals surface area contributed by atoms with Crippen molar-refractivity contribution in [3.63, 3.8) is 0 Å². The van der Waals surface area contributed by atoms with Crippen molar-refractivity contribution in [2.24, 2.45) is 5.92 Å². The Morgan fingerprint density at radius 1 is 1.37 bits per heavy atom. The van der Waals surface area contributed by atoms with E-state index < -0.39 is 0 Å². The van der Waals surface area contributed by atoms with Gasteiger partial charge in [0.2, 0.25) is 0 Å². The number of ether oxygens (including phenoxy) is 1. The summed E-state index contributed by atoms with van der Waals surface area (Å²) in [7, 11) is 0. The second-order valence-corrected chi connectivity index (χ2v) is 5.77. The minimum atomic E-state index is -0.363. The molecule has 1 unspecified atom stereocenters. The van der Waals surface area contributed by atoms with Gasteiger partial charge in [-0.1, -0.05) is 6.07 Å². The summed E-state index contributed by atoms with van der Waals surface area (Å²) in [6.07, 6.45) is 1.97. The van der Waals surface area contributed by atoms with Gasteiger partial charge in [0.15, 0.2) is 0 Å². The molecule has 3 heterocycles. The Hall–Kier alpha value is -1.20. The van der Waals surface area contributed by atoms with E-state index in [4.69, 9.17) is 4.74 Å². The van der Waals surface area contributed by atoms with Crippen molar-refractivity contribution in [1.29, 1.82) is 0 Å². The first-order valence-corrected chi connectivity index (χ1v) is 7.14. The lowest BCUT2D eigenvalue weighted by Gasteiger charge is -2.43. The molecular formula is C14H18N2O2S. The molecule has 0 saturated carbocycles. The van der Waals surface area contributed by atoms with Crippen LogP contribution >= 0.6 is 12.6 Å². The summed E-state index contributed by atoms with van der Waals surface area (Å²) >= 11 is 4.24. The topological polar surface area (TPSA) is 41.6 Å². The Balaban J connectivity index is 1.57. The molecule has 4 nitrogen and oxygen atoms in total. The number of nitrogens with one attached hydrogen (secondary N) is 1. The average Bonchev–Trinajstić information content (AvgIpc) is 2.40. The fourth-order valence-electron chi connectivity index (χ4n) is 2.91. The molecule has 2 bridgehead atoms. The standard InChI is InChI=1S/C14H18N2O2S/c17-14(15-11-2-1-3-12(19)8-11)18-13-9-16-6-4-10(13)5-7-16/h1-3,8,10,13,19H,4-7,9H2,(H,15,17). The first-order valence-electron chi connectivity index (χ1n) is 6.70. The van der Waals surface area contributed by atoms with Crippen LogP contribution in [0.15, 0.2) is 29.2 Å². The van der Waals surface area contributed by atoms with E-state index in [1.54, 1.807) is 6.07 Å². The molecule has 5 heteroatoms. The van der Waals surface area contributed by atoms with Crippen molar-refractivity contribution in [3.05, 3.63) is 24.3 Å². The maximum Gasteiger partial charge on any atom is 0.411 e. The number of thiol groups is 1. The highest BCUT2D eigenvalue weighted by Gasteiger charge is 2.36. The van der Waals surface area contributed by atoms with E-state index in [9.17, 15) is 4.79 Å². The van der Waals surface area contributed by atoms with Gasteiger partial charge in [-0.15, -0.1) is 12.6 Å². The molecule has 102 valence electrons. The summed E-state index contributed by atoms with van der Waals surface area (Å²) in [6, 6.07) is 7.36. The van der Waals surface area contributed by atoms with Crippen LogP contribution in [0.5, 0.6) is 0 Å². The molecule has 1 N–H and O–H groups in total. The van der Waals surface area contributed by atoms with Gasteiger partial charge in [0.1, 0.15) is 6.10 Å². The molecule has 1 atom stereocenters. The van der Waals surface area contributed by atoms with Crippen molar-refractivity contribution in [2.75, 3.05) is 25.0 Å². The quantitative estimate of drug-likeness (QED) is 0.817. The Morgan fingerprint density at radius 2 is 2.16 bits per heavy atom. The van der Waals surface area contributed by atoms with Crippen LogP contribution in [0.2, 0.25) is 0 Å². The summed E-state index contributed by atoms with van der Waals surface area (Å²) in [5.74, 6) is 0.534. The van der Waals surface area contributed by atoms with Crippen molar-refractivity contribution in [1.82, 2.24) is 4.90 Å². The molecule has 3 aliphatic rings. The van der Waals surface area contributed by atoms with Crippen molar-refractivity contribution >= 4 is 24.4 Å². The first-order chi connectivity index (χ1) is 9.20. The highest BCUT2D eigenvalue weighted by molar-refractivity contribution is 7.80.